The Morgan fingerprint density at radius 3 is 2.94 bits per heavy atom. The first-order valence-electron chi connectivity index (χ1n) is 4.94. The van der Waals surface area contributed by atoms with Gasteiger partial charge in [-0.15, -0.1) is 0 Å². The van der Waals surface area contributed by atoms with Gasteiger partial charge in [-0.05, 0) is 18.2 Å². The van der Waals surface area contributed by atoms with Gasteiger partial charge in [0.05, 0.1) is 6.10 Å². The number of hydrogen-bond donors (Lipinski definition) is 2. The molecule has 2 rings (SSSR count). The van der Waals surface area contributed by atoms with Gasteiger partial charge < -0.3 is 10.2 Å². The van der Waals surface area contributed by atoms with E-state index < -0.39 is 17.5 Å². The highest BCUT2D eigenvalue weighted by Gasteiger charge is 2.41. The van der Waals surface area contributed by atoms with Crippen LogP contribution in [0.3, 0.4) is 0 Å². The summed E-state index contributed by atoms with van der Waals surface area (Å²) in [6.45, 7) is 0. The molecule has 0 aromatic heterocycles. The van der Waals surface area contributed by atoms with E-state index in [-0.39, 0.29) is 12.8 Å². The third-order valence-corrected chi connectivity index (χ3v) is 2.48. The summed E-state index contributed by atoms with van der Waals surface area (Å²) in [5.41, 5.74) is -1.44. The molecular weight excluding hydrogens is 204 g/mol. The standard InChI is InChI=1S/C13H10O3/c14-11-8-10-6-4-2-1-3-5-7-13(16,9-11)12(10)15/h1,3,8,11,14,16H,6,9H2. The van der Waals surface area contributed by atoms with Crippen LogP contribution in [0.5, 0.6) is 0 Å². The molecule has 0 spiro atoms. The zero-order valence-electron chi connectivity index (χ0n) is 8.53. The van der Waals surface area contributed by atoms with Crippen molar-refractivity contribution in [1.29, 1.82) is 0 Å². The third-order valence-electron chi connectivity index (χ3n) is 2.48. The van der Waals surface area contributed by atoms with Gasteiger partial charge in [-0.3, -0.25) is 4.79 Å². The van der Waals surface area contributed by atoms with Crippen LogP contribution < -0.4 is 0 Å². The van der Waals surface area contributed by atoms with Gasteiger partial charge in [-0.2, -0.15) is 0 Å². The number of carbonyl (C=O) groups is 1. The van der Waals surface area contributed by atoms with E-state index in [4.69, 9.17) is 0 Å². The van der Waals surface area contributed by atoms with E-state index in [1.807, 2.05) is 0 Å². The Bertz CT molecular complexity index is 505. The lowest BCUT2D eigenvalue weighted by molar-refractivity contribution is -0.131. The second-order valence-corrected chi connectivity index (χ2v) is 3.75. The molecule has 0 fully saturated rings. The molecule has 2 atom stereocenters. The predicted octanol–water partition coefficient (Wildman–Crippen LogP) is -0.0557. The van der Waals surface area contributed by atoms with Crippen molar-refractivity contribution in [2.45, 2.75) is 24.5 Å². The molecule has 0 aromatic rings. The molecule has 16 heavy (non-hydrogen) atoms. The van der Waals surface area contributed by atoms with Crippen LogP contribution in [0.4, 0.5) is 0 Å². The molecule has 0 radical (unpaired) electrons. The summed E-state index contributed by atoms with van der Waals surface area (Å²) in [5.74, 6) is 10.1. The van der Waals surface area contributed by atoms with Gasteiger partial charge in [0.1, 0.15) is 0 Å². The quantitative estimate of drug-likeness (QED) is 0.556. The van der Waals surface area contributed by atoms with E-state index in [0.29, 0.717) is 5.57 Å². The first-order valence-corrected chi connectivity index (χ1v) is 4.94. The van der Waals surface area contributed by atoms with Gasteiger partial charge >= 0.3 is 0 Å². The Hall–Kier alpha value is -1.81. The molecular formula is C13H10O3. The fraction of sp³-hybridized carbons (Fsp3) is 0.308. The first kappa shape index (κ1) is 10.7. The Balaban J connectivity index is 2.51. The van der Waals surface area contributed by atoms with Gasteiger partial charge in [0, 0.05) is 18.4 Å². The van der Waals surface area contributed by atoms with Gasteiger partial charge in [0.25, 0.3) is 0 Å². The topological polar surface area (TPSA) is 57.5 Å². The van der Waals surface area contributed by atoms with E-state index in [9.17, 15) is 15.0 Å². The van der Waals surface area contributed by atoms with Gasteiger partial charge in [-0.25, -0.2) is 0 Å². The maximum atomic E-state index is 11.9. The second-order valence-electron chi connectivity index (χ2n) is 3.75. The van der Waals surface area contributed by atoms with Crippen LogP contribution in [0.15, 0.2) is 23.8 Å². The lowest BCUT2D eigenvalue weighted by Crippen LogP contribution is -2.44. The Morgan fingerprint density at radius 2 is 2.12 bits per heavy atom. The first-order chi connectivity index (χ1) is 7.62. The molecule has 2 N–H and O–H groups in total. The molecule has 0 saturated heterocycles. The maximum absolute atomic E-state index is 11.9. The number of Topliss-reactive ketones (excluding diaryl/α,β-unsaturated/α-hetero) is 1. The summed E-state index contributed by atoms with van der Waals surface area (Å²) in [7, 11) is 0. The lowest BCUT2D eigenvalue weighted by atomic mass is 9.81. The Kier molecular flexibility index (Phi) is 2.66. The number of hydrogen-bond acceptors (Lipinski definition) is 3. The lowest BCUT2D eigenvalue weighted by Gasteiger charge is -2.28. The molecule has 2 bridgehead atoms. The van der Waals surface area contributed by atoms with Crippen molar-refractivity contribution in [3.63, 3.8) is 0 Å². The summed E-state index contributed by atoms with van der Waals surface area (Å²) >= 11 is 0. The van der Waals surface area contributed by atoms with Crippen LogP contribution in [-0.4, -0.2) is 27.7 Å². The van der Waals surface area contributed by atoms with Crippen LogP contribution in [0.25, 0.3) is 0 Å². The highest BCUT2D eigenvalue weighted by atomic mass is 16.3. The molecule has 0 heterocycles. The van der Waals surface area contributed by atoms with Crippen LogP contribution in [0.2, 0.25) is 0 Å². The number of ketones is 1. The van der Waals surface area contributed by atoms with Crippen LogP contribution in [0, 0.1) is 23.7 Å². The number of aliphatic hydroxyl groups is 2. The van der Waals surface area contributed by atoms with Crippen molar-refractivity contribution in [3.8, 4) is 23.7 Å². The highest BCUT2D eigenvalue weighted by molar-refractivity contribution is 6.05. The van der Waals surface area contributed by atoms with Crippen molar-refractivity contribution in [2.24, 2.45) is 0 Å². The van der Waals surface area contributed by atoms with Crippen molar-refractivity contribution in [2.75, 3.05) is 0 Å². The number of aliphatic hydroxyl groups excluding tert-OH is 1. The highest BCUT2D eigenvalue weighted by Crippen LogP contribution is 2.26. The van der Waals surface area contributed by atoms with Crippen molar-refractivity contribution < 1.29 is 15.0 Å². The normalized spacial score (nSPS) is 31.8. The fourth-order valence-corrected chi connectivity index (χ4v) is 1.72. The molecule has 2 aliphatic carbocycles. The third kappa shape index (κ3) is 1.92. The molecule has 0 aromatic carbocycles. The monoisotopic (exact) mass is 214 g/mol. The molecule has 2 unspecified atom stereocenters. The Morgan fingerprint density at radius 1 is 1.38 bits per heavy atom. The minimum absolute atomic E-state index is 0.0798. The molecule has 0 amide bonds. The summed E-state index contributed by atoms with van der Waals surface area (Å²) < 4.78 is 0. The minimum Gasteiger partial charge on any atom is -0.389 e. The summed E-state index contributed by atoms with van der Waals surface area (Å²) in [6, 6.07) is 0. The summed E-state index contributed by atoms with van der Waals surface area (Å²) in [4.78, 5) is 11.9. The second kappa shape index (κ2) is 3.98. The van der Waals surface area contributed by atoms with E-state index in [0.717, 1.165) is 0 Å². The molecule has 3 nitrogen and oxygen atoms in total. The number of rotatable bonds is 0. The van der Waals surface area contributed by atoms with Gasteiger partial charge in [0.2, 0.25) is 5.78 Å². The van der Waals surface area contributed by atoms with Crippen molar-refractivity contribution >= 4 is 5.78 Å². The van der Waals surface area contributed by atoms with E-state index in [2.05, 4.69) is 23.7 Å². The number of allylic oxidation sites excluding steroid dienone is 2. The zero-order chi connectivity index (χ0) is 11.6. The van der Waals surface area contributed by atoms with Crippen LogP contribution in [0.1, 0.15) is 12.8 Å². The fourth-order valence-electron chi connectivity index (χ4n) is 1.72. The molecule has 2 aliphatic rings. The average Bonchev–Trinajstić information content (AvgIpc) is 2.22. The van der Waals surface area contributed by atoms with E-state index in [1.54, 1.807) is 6.08 Å². The average molecular weight is 214 g/mol. The van der Waals surface area contributed by atoms with Crippen molar-refractivity contribution in [1.82, 2.24) is 0 Å². The molecule has 80 valence electrons. The van der Waals surface area contributed by atoms with Gasteiger partial charge in [0.15, 0.2) is 5.60 Å². The van der Waals surface area contributed by atoms with Crippen LogP contribution in [-0.2, 0) is 4.79 Å². The maximum Gasteiger partial charge on any atom is 0.203 e. The Labute approximate surface area is 93.5 Å². The predicted molar refractivity (Wildman–Crippen MR) is 58.0 cm³/mol. The number of carbonyl (C=O) groups excluding carboxylic acids is 1. The molecule has 0 aliphatic heterocycles. The largest absolute Gasteiger partial charge is 0.389 e. The van der Waals surface area contributed by atoms with Crippen LogP contribution >= 0.6 is 0 Å². The number of fused-ring (bicyclic) bond motifs is 2. The SMILES string of the molecule is O=C1C2=CC(O)CC1(O)C#CC=CC#CC2. The zero-order valence-corrected chi connectivity index (χ0v) is 8.53. The summed E-state index contributed by atoms with van der Waals surface area (Å²) in [6.07, 6.45) is 3.79. The summed E-state index contributed by atoms with van der Waals surface area (Å²) in [5, 5.41) is 19.6. The van der Waals surface area contributed by atoms with Gasteiger partial charge in [-0.1, -0.05) is 23.7 Å². The van der Waals surface area contributed by atoms with E-state index >= 15 is 0 Å². The smallest absolute Gasteiger partial charge is 0.203 e. The minimum atomic E-state index is -1.77. The van der Waals surface area contributed by atoms with E-state index in [1.165, 1.54) is 12.2 Å². The molecule has 0 saturated carbocycles. The molecule has 3 heteroatoms. The van der Waals surface area contributed by atoms with Crippen molar-refractivity contribution in [3.05, 3.63) is 23.8 Å².